The Balaban J connectivity index is 1.48. The molecule has 2 N–H and O–H groups in total. The van der Waals surface area contributed by atoms with Crippen molar-refractivity contribution >= 4 is 48.9 Å². The molecule has 0 aliphatic carbocycles. The van der Waals surface area contributed by atoms with E-state index in [4.69, 9.17) is 4.98 Å². The largest absolute Gasteiger partial charge is 0.385 e. The predicted octanol–water partition coefficient (Wildman–Crippen LogP) is 3.13. The molecular weight excluding hydrogens is 458 g/mol. The molecule has 1 fully saturated rings. The molecule has 2 aromatic carbocycles. The number of carbonyl (C=O) groups excluding carboxylic acids is 1. The van der Waals surface area contributed by atoms with E-state index in [9.17, 15) is 13.2 Å². The van der Waals surface area contributed by atoms with E-state index >= 15 is 0 Å². The Kier molecular flexibility index (Phi) is 7.16. The lowest BCUT2D eigenvalue weighted by atomic mass is 10.1. The van der Waals surface area contributed by atoms with Gasteiger partial charge < -0.3 is 10.2 Å². The van der Waals surface area contributed by atoms with Gasteiger partial charge in [0.15, 0.2) is 0 Å². The van der Waals surface area contributed by atoms with Gasteiger partial charge in [-0.05, 0) is 44.2 Å². The first-order chi connectivity index (χ1) is 15.9. The molecule has 1 aromatic heterocycles. The number of anilines is 2. The van der Waals surface area contributed by atoms with Crippen LogP contribution in [-0.4, -0.2) is 62.7 Å². The molecule has 0 spiro atoms. The summed E-state index contributed by atoms with van der Waals surface area (Å²) in [4.78, 5) is 22.0. The fourth-order valence-corrected chi connectivity index (χ4v) is 5.44. The van der Waals surface area contributed by atoms with Crippen molar-refractivity contribution in [3.8, 4) is 0 Å². The number of rotatable bonds is 8. The number of nitrogens with one attached hydrogen (secondary N) is 2. The molecule has 8 nitrogen and oxygen atoms in total. The van der Waals surface area contributed by atoms with E-state index < -0.39 is 15.9 Å². The average molecular weight is 488 g/mol. The quantitative estimate of drug-likeness (QED) is 0.504. The van der Waals surface area contributed by atoms with Gasteiger partial charge in [0, 0.05) is 38.4 Å². The highest BCUT2D eigenvalue weighted by Crippen LogP contribution is 2.28. The second-order valence-electron chi connectivity index (χ2n) is 7.94. The van der Waals surface area contributed by atoms with E-state index in [0.29, 0.717) is 5.56 Å². The minimum atomic E-state index is -3.64. The second-order valence-corrected chi connectivity index (χ2v) is 11.1. The van der Waals surface area contributed by atoms with Crippen LogP contribution in [0.4, 0.5) is 11.4 Å². The normalized spacial score (nSPS) is 15.0. The van der Waals surface area contributed by atoms with Crippen LogP contribution in [0.15, 0.2) is 42.5 Å². The number of sulfonamides is 1. The molecule has 2 heterocycles. The zero-order valence-electron chi connectivity index (χ0n) is 18.9. The molecule has 3 aromatic rings. The van der Waals surface area contributed by atoms with Crippen molar-refractivity contribution in [3.05, 3.63) is 53.0 Å². The molecule has 33 heavy (non-hydrogen) atoms. The summed E-state index contributed by atoms with van der Waals surface area (Å²) in [5, 5.41) is 4.37. The SMILES string of the molecule is CCNc1ccc(C(=O)NS(=O)(=O)CC)c(N2CCN(Cc3nc4ccccc4s3)CC2)c1. The first-order valence-corrected chi connectivity index (χ1v) is 13.6. The standard InChI is InChI=1S/C23H29N5O3S2/c1-3-24-17-9-10-18(23(29)26-33(30,31)4-2)20(15-17)28-13-11-27(12-14-28)16-22-25-19-7-5-6-8-21(19)32-22/h5-10,15,24H,3-4,11-14,16H2,1-2H3,(H,26,29). The zero-order chi connectivity index (χ0) is 23.4. The summed E-state index contributed by atoms with van der Waals surface area (Å²) in [6.07, 6.45) is 0. The van der Waals surface area contributed by atoms with Crippen molar-refractivity contribution in [2.24, 2.45) is 0 Å². The number of fused-ring (bicyclic) bond motifs is 1. The van der Waals surface area contributed by atoms with Crippen LogP contribution in [0.3, 0.4) is 0 Å². The number of hydrogen-bond donors (Lipinski definition) is 2. The highest BCUT2D eigenvalue weighted by molar-refractivity contribution is 7.90. The van der Waals surface area contributed by atoms with E-state index in [1.807, 2.05) is 37.3 Å². The van der Waals surface area contributed by atoms with Crippen LogP contribution in [0, 0.1) is 0 Å². The van der Waals surface area contributed by atoms with Gasteiger partial charge >= 0.3 is 0 Å². The van der Waals surface area contributed by atoms with Gasteiger partial charge in [0.05, 0.1) is 33.8 Å². The number of carbonyl (C=O) groups is 1. The fraction of sp³-hybridized carbons (Fsp3) is 0.391. The Labute approximate surface area is 198 Å². The lowest BCUT2D eigenvalue weighted by molar-refractivity contribution is 0.0981. The van der Waals surface area contributed by atoms with Crippen LogP contribution in [0.1, 0.15) is 29.2 Å². The van der Waals surface area contributed by atoms with Gasteiger partial charge in [-0.2, -0.15) is 0 Å². The molecule has 0 bridgehead atoms. The summed E-state index contributed by atoms with van der Waals surface area (Å²) in [5.41, 5.74) is 3.05. The van der Waals surface area contributed by atoms with Crippen LogP contribution in [0.5, 0.6) is 0 Å². The van der Waals surface area contributed by atoms with Crippen molar-refractivity contribution in [1.29, 1.82) is 0 Å². The molecule has 10 heteroatoms. The Morgan fingerprint density at radius 3 is 2.55 bits per heavy atom. The van der Waals surface area contributed by atoms with Crippen LogP contribution in [0.2, 0.25) is 0 Å². The third kappa shape index (κ3) is 5.63. The summed E-state index contributed by atoms with van der Waals surface area (Å²) in [7, 11) is -3.64. The maximum absolute atomic E-state index is 12.8. The van der Waals surface area contributed by atoms with Crippen molar-refractivity contribution in [3.63, 3.8) is 0 Å². The molecule has 0 unspecified atom stereocenters. The van der Waals surface area contributed by atoms with Gasteiger partial charge in [-0.3, -0.25) is 9.69 Å². The zero-order valence-corrected chi connectivity index (χ0v) is 20.5. The molecule has 1 amide bonds. The molecular formula is C23H29N5O3S2. The summed E-state index contributed by atoms with van der Waals surface area (Å²) < 4.78 is 27.3. The van der Waals surface area contributed by atoms with E-state index in [0.717, 1.165) is 61.2 Å². The van der Waals surface area contributed by atoms with Gasteiger partial charge in [-0.15, -0.1) is 11.3 Å². The number of para-hydroxylation sites is 1. The van der Waals surface area contributed by atoms with Gasteiger partial charge in [0.2, 0.25) is 10.0 Å². The Morgan fingerprint density at radius 1 is 1.09 bits per heavy atom. The number of hydrogen-bond acceptors (Lipinski definition) is 8. The van der Waals surface area contributed by atoms with E-state index in [1.165, 1.54) is 11.6 Å². The number of benzene rings is 2. The summed E-state index contributed by atoms with van der Waals surface area (Å²) >= 11 is 1.72. The lowest BCUT2D eigenvalue weighted by Crippen LogP contribution is -2.46. The van der Waals surface area contributed by atoms with Gasteiger partial charge in [0.25, 0.3) is 5.91 Å². The van der Waals surface area contributed by atoms with E-state index in [1.54, 1.807) is 17.4 Å². The third-order valence-corrected chi connectivity index (χ3v) is 7.94. The minimum Gasteiger partial charge on any atom is -0.385 e. The first-order valence-electron chi connectivity index (χ1n) is 11.1. The van der Waals surface area contributed by atoms with Crippen LogP contribution in [0.25, 0.3) is 10.2 Å². The van der Waals surface area contributed by atoms with Crippen LogP contribution in [-0.2, 0) is 16.6 Å². The molecule has 0 saturated carbocycles. The molecule has 1 aliphatic heterocycles. The average Bonchev–Trinajstić information content (AvgIpc) is 3.22. The van der Waals surface area contributed by atoms with Gasteiger partial charge in [-0.25, -0.2) is 18.1 Å². The highest BCUT2D eigenvalue weighted by atomic mass is 32.2. The monoisotopic (exact) mass is 487 g/mol. The second kappa shape index (κ2) is 10.1. The van der Waals surface area contributed by atoms with E-state index in [2.05, 4.69) is 25.9 Å². The number of nitrogens with zero attached hydrogens (tertiary/aromatic N) is 3. The predicted molar refractivity (Wildman–Crippen MR) is 135 cm³/mol. The molecule has 1 aliphatic rings. The number of piperazine rings is 1. The number of amides is 1. The Morgan fingerprint density at radius 2 is 1.85 bits per heavy atom. The van der Waals surface area contributed by atoms with Gasteiger partial charge in [0.1, 0.15) is 5.01 Å². The molecule has 4 rings (SSSR count). The van der Waals surface area contributed by atoms with Crippen molar-refractivity contribution in [2.45, 2.75) is 20.4 Å². The topological polar surface area (TPSA) is 94.6 Å². The lowest BCUT2D eigenvalue weighted by Gasteiger charge is -2.36. The molecule has 0 atom stereocenters. The number of thiazole rings is 1. The van der Waals surface area contributed by atoms with E-state index in [-0.39, 0.29) is 5.75 Å². The maximum atomic E-state index is 12.8. The first kappa shape index (κ1) is 23.5. The van der Waals surface area contributed by atoms with Crippen LogP contribution >= 0.6 is 11.3 Å². The number of aromatic nitrogens is 1. The van der Waals surface area contributed by atoms with Gasteiger partial charge in [-0.1, -0.05) is 12.1 Å². The summed E-state index contributed by atoms with van der Waals surface area (Å²) in [6.45, 7) is 8.20. The Hall–Kier alpha value is -2.69. The summed E-state index contributed by atoms with van der Waals surface area (Å²) in [5.74, 6) is -0.736. The van der Waals surface area contributed by atoms with Crippen molar-refractivity contribution in [1.82, 2.24) is 14.6 Å². The third-order valence-electron chi connectivity index (χ3n) is 5.66. The molecule has 1 saturated heterocycles. The maximum Gasteiger partial charge on any atom is 0.266 e. The molecule has 0 radical (unpaired) electrons. The summed E-state index contributed by atoms with van der Waals surface area (Å²) in [6, 6.07) is 13.6. The Bertz CT molecular complexity index is 1200. The smallest absolute Gasteiger partial charge is 0.266 e. The minimum absolute atomic E-state index is 0.145. The van der Waals surface area contributed by atoms with Crippen LogP contribution < -0.4 is 14.9 Å². The fourth-order valence-electron chi connectivity index (χ4n) is 3.89. The van der Waals surface area contributed by atoms with Crippen molar-refractivity contribution in [2.75, 3.05) is 48.7 Å². The van der Waals surface area contributed by atoms with Crippen molar-refractivity contribution < 1.29 is 13.2 Å². The highest BCUT2D eigenvalue weighted by Gasteiger charge is 2.24. The molecule has 176 valence electrons.